The molecule has 4 heteroatoms. The first-order valence-electron chi connectivity index (χ1n) is 6.50. The van der Waals surface area contributed by atoms with Gasteiger partial charge >= 0.3 is 0 Å². The molecule has 0 radical (unpaired) electrons. The van der Waals surface area contributed by atoms with Gasteiger partial charge in [-0.05, 0) is 44.5 Å². The van der Waals surface area contributed by atoms with Gasteiger partial charge in [-0.1, -0.05) is 0 Å². The first-order chi connectivity index (χ1) is 9.08. The van der Waals surface area contributed by atoms with E-state index in [1.54, 1.807) is 21.1 Å². The summed E-state index contributed by atoms with van der Waals surface area (Å²) in [6.07, 6.45) is 1.49. The molecular weight excluding hydrogens is 242 g/mol. The van der Waals surface area contributed by atoms with E-state index in [1.807, 2.05) is 19.1 Å². The van der Waals surface area contributed by atoms with Crippen LogP contribution in [0.2, 0.25) is 0 Å². The van der Waals surface area contributed by atoms with Crippen LogP contribution in [0.15, 0.2) is 12.1 Å². The number of carbonyl (C=O) groups is 1. The number of ether oxygens (including phenoxy) is 2. The third-order valence-electron chi connectivity index (χ3n) is 3.00. The zero-order valence-electron chi connectivity index (χ0n) is 12.2. The zero-order chi connectivity index (χ0) is 14.3. The van der Waals surface area contributed by atoms with Gasteiger partial charge in [0.1, 0.15) is 17.3 Å². The van der Waals surface area contributed by atoms with E-state index in [9.17, 15) is 4.79 Å². The quantitative estimate of drug-likeness (QED) is 0.734. The Morgan fingerprint density at radius 3 is 2.47 bits per heavy atom. The molecule has 0 spiro atoms. The maximum absolute atomic E-state index is 10.8. The summed E-state index contributed by atoms with van der Waals surface area (Å²) in [4.78, 5) is 10.8. The molecule has 0 unspecified atom stereocenters. The molecule has 0 aliphatic carbocycles. The van der Waals surface area contributed by atoms with Crippen LogP contribution in [-0.2, 0) is 11.3 Å². The third kappa shape index (κ3) is 4.91. The van der Waals surface area contributed by atoms with Crippen molar-refractivity contribution in [2.45, 2.75) is 33.2 Å². The van der Waals surface area contributed by atoms with Gasteiger partial charge in [0, 0.05) is 18.5 Å². The second-order valence-corrected chi connectivity index (χ2v) is 4.62. The van der Waals surface area contributed by atoms with Crippen molar-refractivity contribution in [2.75, 3.05) is 20.8 Å². The van der Waals surface area contributed by atoms with Crippen LogP contribution in [0, 0.1) is 6.92 Å². The summed E-state index contributed by atoms with van der Waals surface area (Å²) in [6, 6.07) is 3.97. The van der Waals surface area contributed by atoms with Crippen molar-refractivity contribution in [3.8, 4) is 11.5 Å². The molecule has 0 atom stereocenters. The first kappa shape index (κ1) is 15.5. The smallest absolute Gasteiger partial charge is 0.129 e. The number of aryl methyl sites for hydroxylation is 1. The number of nitrogens with one attached hydrogen (secondary N) is 1. The number of hydrogen-bond acceptors (Lipinski definition) is 4. The van der Waals surface area contributed by atoms with Gasteiger partial charge in [0.05, 0.1) is 14.2 Å². The molecule has 0 heterocycles. The van der Waals surface area contributed by atoms with Gasteiger partial charge < -0.3 is 19.6 Å². The van der Waals surface area contributed by atoms with E-state index in [1.165, 1.54) is 0 Å². The second-order valence-electron chi connectivity index (χ2n) is 4.62. The lowest BCUT2D eigenvalue weighted by molar-refractivity contribution is -0.117. The summed E-state index contributed by atoms with van der Waals surface area (Å²) in [5, 5.41) is 3.31. The topological polar surface area (TPSA) is 47.6 Å². The van der Waals surface area contributed by atoms with Crippen LogP contribution >= 0.6 is 0 Å². The van der Waals surface area contributed by atoms with Crippen LogP contribution in [0.25, 0.3) is 0 Å². The van der Waals surface area contributed by atoms with Crippen molar-refractivity contribution in [2.24, 2.45) is 0 Å². The van der Waals surface area contributed by atoms with Crippen molar-refractivity contribution in [3.05, 3.63) is 23.3 Å². The van der Waals surface area contributed by atoms with Crippen LogP contribution in [-0.4, -0.2) is 26.5 Å². The monoisotopic (exact) mass is 265 g/mol. The maximum Gasteiger partial charge on any atom is 0.129 e. The predicted octanol–water partition coefficient (Wildman–Crippen LogP) is 2.47. The largest absolute Gasteiger partial charge is 0.496 e. The van der Waals surface area contributed by atoms with Crippen LogP contribution in [0.1, 0.15) is 30.9 Å². The van der Waals surface area contributed by atoms with Crippen molar-refractivity contribution >= 4 is 5.78 Å². The standard InChI is InChI=1S/C15H23NO3/c1-11-8-15(19-4)13(9-14(11)18-3)10-16-7-5-6-12(2)17/h8-9,16H,5-7,10H2,1-4H3. The van der Waals surface area contributed by atoms with Crippen molar-refractivity contribution in [3.63, 3.8) is 0 Å². The molecule has 0 saturated carbocycles. The summed E-state index contributed by atoms with van der Waals surface area (Å²) in [7, 11) is 3.33. The molecule has 19 heavy (non-hydrogen) atoms. The Hall–Kier alpha value is -1.55. The maximum atomic E-state index is 10.8. The van der Waals surface area contributed by atoms with E-state index >= 15 is 0 Å². The molecule has 1 aromatic carbocycles. The van der Waals surface area contributed by atoms with Gasteiger partial charge in [-0.3, -0.25) is 0 Å². The number of carbonyl (C=O) groups excluding carboxylic acids is 1. The van der Waals surface area contributed by atoms with Gasteiger partial charge in [0.2, 0.25) is 0 Å². The number of benzene rings is 1. The van der Waals surface area contributed by atoms with E-state index in [4.69, 9.17) is 9.47 Å². The molecule has 1 N–H and O–H groups in total. The fourth-order valence-electron chi connectivity index (χ4n) is 1.94. The molecule has 1 aromatic rings. The molecule has 0 amide bonds. The molecule has 0 saturated heterocycles. The Morgan fingerprint density at radius 1 is 1.21 bits per heavy atom. The highest BCUT2D eigenvalue weighted by molar-refractivity contribution is 5.75. The second kappa shape index (κ2) is 7.79. The van der Waals surface area contributed by atoms with Gasteiger partial charge in [0.25, 0.3) is 0 Å². The van der Waals surface area contributed by atoms with Gasteiger partial charge in [-0.15, -0.1) is 0 Å². The van der Waals surface area contributed by atoms with Gasteiger partial charge in [-0.2, -0.15) is 0 Å². The molecule has 4 nitrogen and oxygen atoms in total. The first-order valence-corrected chi connectivity index (χ1v) is 6.50. The minimum absolute atomic E-state index is 0.233. The summed E-state index contributed by atoms with van der Waals surface area (Å²) in [6.45, 7) is 5.13. The van der Waals surface area contributed by atoms with Crippen LogP contribution in [0.3, 0.4) is 0 Å². The van der Waals surface area contributed by atoms with E-state index in [0.29, 0.717) is 13.0 Å². The molecular formula is C15H23NO3. The third-order valence-corrected chi connectivity index (χ3v) is 3.00. The Balaban J connectivity index is 2.58. The molecule has 0 aromatic heterocycles. The predicted molar refractivity (Wildman–Crippen MR) is 75.9 cm³/mol. The van der Waals surface area contributed by atoms with Crippen molar-refractivity contribution < 1.29 is 14.3 Å². The Kier molecular flexibility index (Phi) is 6.36. The summed E-state index contributed by atoms with van der Waals surface area (Å²) < 4.78 is 10.7. The fraction of sp³-hybridized carbons (Fsp3) is 0.533. The Bertz CT molecular complexity index is 430. The van der Waals surface area contributed by atoms with Gasteiger partial charge in [0.15, 0.2) is 0 Å². The number of ketones is 1. The molecule has 0 fully saturated rings. The van der Waals surface area contributed by atoms with Gasteiger partial charge in [-0.25, -0.2) is 0 Å². The lowest BCUT2D eigenvalue weighted by Crippen LogP contribution is -2.16. The number of hydrogen-bond donors (Lipinski definition) is 1. The Morgan fingerprint density at radius 2 is 1.89 bits per heavy atom. The van der Waals surface area contributed by atoms with E-state index in [0.717, 1.165) is 35.6 Å². The lowest BCUT2D eigenvalue weighted by atomic mass is 10.1. The number of Topliss-reactive ketones (excluding diaryl/α,β-unsaturated/α-hetero) is 1. The summed E-state index contributed by atoms with van der Waals surface area (Å²) in [5.74, 6) is 1.95. The minimum atomic E-state index is 0.233. The van der Waals surface area contributed by atoms with Crippen LogP contribution in [0.5, 0.6) is 11.5 Å². The molecule has 0 aliphatic heterocycles. The molecule has 1 rings (SSSR count). The fourth-order valence-corrected chi connectivity index (χ4v) is 1.94. The number of rotatable bonds is 8. The highest BCUT2D eigenvalue weighted by Crippen LogP contribution is 2.28. The van der Waals surface area contributed by atoms with Crippen molar-refractivity contribution in [1.29, 1.82) is 0 Å². The SMILES string of the molecule is COc1cc(CNCCCC(C)=O)c(OC)cc1C. The number of methoxy groups -OCH3 is 2. The lowest BCUT2D eigenvalue weighted by Gasteiger charge is -2.13. The molecule has 106 valence electrons. The average Bonchev–Trinajstić information content (AvgIpc) is 2.38. The van der Waals surface area contributed by atoms with Crippen molar-refractivity contribution in [1.82, 2.24) is 5.32 Å². The summed E-state index contributed by atoms with van der Waals surface area (Å²) in [5.41, 5.74) is 2.12. The normalized spacial score (nSPS) is 10.3. The molecule has 0 bridgehead atoms. The van der Waals surface area contributed by atoms with Crippen LogP contribution < -0.4 is 14.8 Å². The van der Waals surface area contributed by atoms with E-state index in [-0.39, 0.29) is 5.78 Å². The van der Waals surface area contributed by atoms with Crippen LogP contribution in [0.4, 0.5) is 0 Å². The van der Waals surface area contributed by atoms with E-state index in [2.05, 4.69) is 5.32 Å². The zero-order valence-corrected chi connectivity index (χ0v) is 12.2. The molecule has 0 aliphatic rings. The van der Waals surface area contributed by atoms with E-state index < -0.39 is 0 Å². The Labute approximate surface area is 115 Å². The average molecular weight is 265 g/mol. The highest BCUT2D eigenvalue weighted by atomic mass is 16.5. The summed E-state index contributed by atoms with van der Waals surface area (Å²) >= 11 is 0. The minimum Gasteiger partial charge on any atom is -0.496 e. The highest BCUT2D eigenvalue weighted by Gasteiger charge is 2.08.